The molecular weight excluding hydrogens is 795 g/mol. The number of aliphatic hydroxyl groups excluding tert-OH is 2. The Bertz CT molecular complexity index is 1620. The number of amides is 2. The molecule has 352 valence electrons. The van der Waals surface area contributed by atoms with E-state index in [-0.39, 0.29) is 97.3 Å². The molecule has 3 saturated heterocycles. The number of hydrogen-bond donors (Lipinski definition) is 4. The highest BCUT2D eigenvalue weighted by Gasteiger charge is 2.78. The van der Waals surface area contributed by atoms with Gasteiger partial charge in [0.2, 0.25) is 11.8 Å². The minimum Gasteiger partial charge on any atom is -0.459 e. The lowest BCUT2D eigenvalue weighted by atomic mass is 9.55. The van der Waals surface area contributed by atoms with E-state index in [1.54, 1.807) is 7.11 Å². The molecule has 2 amide bonds. The maximum atomic E-state index is 15.9. The average molecular weight is 876 g/mol. The van der Waals surface area contributed by atoms with Gasteiger partial charge in [-0.2, -0.15) is 0 Å². The van der Waals surface area contributed by atoms with Crippen LogP contribution < -0.4 is 10.6 Å². The standard InChI is InChI=1S/C52H81N3O8/c1-61-38-26-23-33(24-27-38)21-22-34-25-28-41-40(31-34)52(51(60)54-41)44(49(58)53-32-42(57)35-13-5-2-6-14-35)46-50(59)63-47(37-17-9-4-10-18-37)45(36-15-7-3-8-16-36)55(46)48(52)39-19-11-12-20-43(39)62-30-29-56/h33-48,56-57H,2-20,23-32H2,1H3,(H,53,58)(H,54,60)/t33?,34?,38?,39?,40?,41?,42-,43?,44-,45-,46-,47+,48+,52-/m0/s1. The van der Waals surface area contributed by atoms with Crippen molar-refractivity contribution in [3.05, 3.63) is 0 Å². The van der Waals surface area contributed by atoms with Gasteiger partial charge in [-0.05, 0) is 120 Å². The maximum Gasteiger partial charge on any atom is 0.324 e. The van der Waals surface area contributed by atoms with E-state index in [0.717, 1.165) is 141 Å². The van der Waals surface area contributed by atoms with Crippen molar-refractivity contribution in [3.63, 3.8) is 0 Å². The second-order valence-electron chi connectivity index (χ2n) is 21.9. The van der Waals surface area contributed by atoms with Crippen molar-refractivity contribution >= 4 is 17.8 Å². The van der Waals surface area contributed by atoms with Crippen molar-refractivity contribution in [1.29, 1.82) is 0 Å². The molecule has 9 fully saturated rings. The van der Waals surface area contributed by atoms with Crippen LogP contribution in [0.15, 0.2) is 0 Å². The smallest absolute Gasteiger partial charge is 0.324 e. The zero-order valence-corrected chi connectivity index (χ0v) is 38.5. The fraction of sp³-hybridized carbons (Fsp3) is 0.904. The summed E-state index contributed by atoms with van der Waals surface area (Å²) < 4.78 is 19.2. The number of fused-ring (bicyclic) bond motifs is 3. The number of cyclic esters (lactones) is 1. The zero-order valence-electron chi connectivity index (χ0n) is 38.5. The van der Waals surface area contributed by atoms with Crippen LogP contribution in [0.25, 0.3) is 0 Å². The van der Waals surface area contributed by atoms with E-state index in [9.17, 15) is 10.2 Å². The van der Waals surface area contributed by atoms with Gasteiger partial charge in [-0.25, -0.2) is 0 Å². The highest BCUT2D eigenvalue weighted by molar-refractivity contribution is 5.99. The summed E-state index contributed by atoms with van der Waals surface area (Å²) in [4.78, 5) is 49.5. The second-order valence-corrected chi connectivity index (χ2v) is 21.9. The number of nitrogens with zero attached hydrogens (tertiary/aromatic N) is 1. The quantitative estimate of drug-likeness (QED) is 0.129. The Balaban J connectivity index is 1.16. The van der Waals surface area contributed by atoms with Crippen LogP contribution in [-0.4, -0.2) is 108 Å². The molecule has 0 aromatic heterocycles. The van der Waals surface area contributed by atoms with Crippen LogP contribution in [0.2, 0.25) is 0 Å². The number of ether oxygens (including phenoxy) is 3. The Morgan fingerprint density at radius 1 is 0.825 bits per heavy atom. The molecule has 0 radical (unpaired) electrons. The minimum absolute atomic E-state index is 0.0787. The van der Waals surface area contributed by atoms with E-state index in [1.165, 1.54) is 19.3 Å². The van der Waals surface area contributed by atoms with Gasteiger partial charge in [-0.15, -0.1) is 0 Å². The number of morpholine rings is 1. The van der Waals surface area contributed by atoms with Crippen LogP contribution in [0.5, 0.6) is 0 Å². The van der Waals surface area contributed by atoms with Crippen molar-refractivity contribution in [3.8, 4) is 11.8 Å². The van der Waals surface area contributed by atoms with Gasteiger partial charge in [0.05, 0.1) is 48.9 Å². The third-order valence-corrected chi connectivity index (χ3v) is 18.6. The molecule has 1 spiro atoms. The van der Waals surface area contributed by atoms with Crippen LogP contribution in [0.3, 0.4) is 0 Å². The largest absolute Gasteiger partial charge is 0.459 e. The molecule has 0 aromatic rings. The molecule has 11 heteroatoms. The molecule has 0 aromatic carbocycles. The number of aliphatic hydroxyl groups is 2. The van der Waals surface area contributed by atoms with Gasteiger partial charge in [0, 0.05) is 43.5 Å². The van der Waals surface area contributed by atoms with Gasteiger partial charge < -0.3 is 35.1 Å². The molecule has 5 unspecified atom stereocenters. The summed E-state index contributed by atoms with van der Waals surface area (Å²) in [5.74, 6) is 6.51. The molecular formula is C52H81N3O8. The Hall–Kier alpha value is -2.23. The lowest BCUT2D eigenvalue weighted by Gasteiger charge is -2.54. The summed E-state index contributed by atoms with van der Waals surface area (Å²) in [6.45, 7) is 0.244. The van der Waals surface area contributed by atoms with E-state index < -0.39 is 29.5 Å². The monoisotopic (exact) mass is 876 g/mol. The first kappa shape index (κ1) is 45.9. The number of methoxy groups -OCH3 is 1. The van der Waals surface area contributed by atoms with Crippen LogP contribution >= 0.6 is 0 Å². The summed E-state index contributed by atoms with van der Waals surface area (Å²) in [5.41, 5.74) is -1.23. The fourth-order valence-corrected chi connectivity index (χ4v) is 15.6. The first-order chi connectivity index (χ1) is 30.8. The summed E-state index contributed by atoms with van der Waals surface area (Å²) in [7, 11) is 1.80. The first-order valence-electron chi connectivity index (χ1n) is 26.3. The molecule has 3 heterocycles. The number of rotatable bonds is 11. The number of carbonyl (C=O) groups excluding carboxylic acids is 3. The lowest BCUT2D eigenvalue weighted by molar-refractivity contribution is -0.192. The number of hydrogen-bond acceptors (Lipinski definition) is 9. The van der Waals surface area contributed by atoms with E-state index in [0.29, 0.717) is 18.4 Å². The average Bonchev–Trinajstić information content (AvgIpc) is 3.81. The lowest BCUT2D eigenvalue weighted by Crippen LogP contribution is -2.66. The number of nitrogens with one attached hydrogen (secondary N) is 2. The van der Waals surface area contributed by atoms with E-state index in [2.05, 4.69) is 27.4 Å². The molecule has 3 aliphatic heterocycles. The summed E-state index contributed by atoms with van der Waals surface area (Å²) >= 11 is 0. The minimum atomic E-state index is -1.23. The molecule has 12 atom stereocenters. The van der Waals surface area contributed by atoms with E-state index in [1.807, 2.05) is 0 Å². The highest BCUT2D eigenvalue weighted by atomic mass is 16.6. The van der Waals surface area contributed by atoms with Gasteiger partial charge in [0.15, 0.2) is 0 Å². The summed E-state index contributed by atoms with van der Waals surface area (Å²) in [5, 5.41) is 28.5. The Labute approximate surface area is 378 Å². The molecule has 9 aliphatic rings. The maximum absolute atomic E-state index is 15.9. The number of carbonyl (C=O) groups is 3. The van der Waals surface area contributed by atoms with Crippen molar-refractivity contribution in [2.24, 2.45) is 52.8 Å². The SMILES string of the molecule is COC1CCC(C#CC2CCC3NC(=O)[C@@]4(C3C2)[C@H](C(=O)NC[C@H](O)C2CCCCC2)[C@H]2C(=O)O[C@H](C3CCCCC3)[C@H](C3CCCCC3)N2[C@@H]4C2CCCCC2OCCO)CC1. The van der Waals surface area contributed by atoms with Crippen molar-refractivity contribution in [1.82, 2.24) is 15.5 Å². The van der Waals surface area contributed by atoms with Crippen LogP contribution in [0.4, 0.5) is 0 Å². The molecule has 4 N–H and O–H groups in total. The molecule has 11 nitrogen and oxygen atoms in total. The predicted molar refractivity (Wildman–Crippen MR) is 240 cm³/mol. The van der Waals surface area contributed by atoms with Crippen molar-refractivity contribution in [2.45, 2.75) is 216 Å². The van der Waals surface area contributed by atoms with Crippen molar-refractivity contribution < 1.29 is 38.8 Å². The van der Waals surface area contributed by atoms with Crippen LogP contribution in [-0.2, 0) is 28.6 Å². The Morgan fingerprint density at radius 2 is 1.46 bits per heavy atom. The third-order valence-electron chi connectivity index (χ3n) is 18.6. The van der Waals surface area contributed by atoms with Crippen LogP contribution in [0.1, 0.15) is 167 Å². The topological polar surface area (TPSA) is 147 Å². The third kappa shape index (κ3) is 9.14. The van der Waals surface area contributed by atoms with Crippen molar-refractivity contribution in [2.75, 3.05) is 26.9 Å². The molecule has 63 heavy (non-hydrogen) atoms. The van der Waals surface area contributed by atoms with Crippen LogP contribution in [0, 0.1) is 64.6 Å². The summed E-state index contributed by atoms with van der Waals surface area (Å²) in [6.07, 6.45) is 25.6. The Kier molecular flexibility index (Phi) is 15.1. The molecule has 9 rings (SSSR count). The fourth-order valence-electron chi connectivity index (χ4n) is 15.6. The Morgan fingerprint density at radius 3 is 2.16 bits per heavy atom. The first-order valence-corrected chi connectivity index (χ1v) is 26.3. The van der Waals surface area contributed by atoms with Gasteiger partial charge in [0.1, 0.15) is 12.1 Å². The molecule has 6 aliphatic carbocycles. The normalized spacial score (nSPS) is 41.2. The molecule has 6 saturated carbocycles. The molecule has 0 bridgehead atoms. The van der Waals surface area contributed by atoms with E-state index >= 15 is 14.4 Å². The summed E-state index contributed by atoms with van der Waals surface area (Å²) in [6, 6.07) is -1.57. The van der Waals surface area contributed by atoms with Gasteiger partial charge in [-0.3, -0.25) is 19.3 Å². The van der Waals surface area contributed by atoms with Gasteiger partial charge >= 0.3 is 5.97 Å². The highest BCUT2D eigenvalue weighted by Crippen LogP contribution is 2.64. The number of esters is 1. The second kappa shape index (κ2) is 20.7. The van der Waals surface area contributed by atoms with Gasteiger partial charge in [0.25, 0.3) is 0 Å². The van der Waals surface area contributed by atoms with Gasteiger partial charge in [-0.1, -0.05) is 82.5 Å². The zero-order chi connectivity index (χ0) is 43.5. The predicted octanol–water partition coefficient (Wildman–Crippen LogP) is 6.84. The van der Waals surface area contributed by atoms with E-state index in [4.69, 9.17) is 14.2 Å².